The van der Waals surface area contributed by atoms with Crippen LogP contribution in [0.4, 0.5) is 0 Å². The molecule has 0 spiro atoms. The van der Waals surface area contributed by atoms with Crippen LogP contribution in [-0.2, 0) is 37.1 Å². The van der Waals surface area contributed by atoms with Gasteiger partial charge in [-0.05, 0) is 17.8 Å². The van der Waals surface area contributed by atoms with Gasteiger partial charge >= 0.3 is 8.80 Å². The SMILES string of the molecule is [CH2-][Si](O)(O)OC(C(C)C)C(C)C(C)C.[Y]. The third-order valence-corrected chi connectivity index (χ3v) is 3.20. The molecular formula is C10H23O3SiY-. The molecule has 0 heterocycles. The van der Waals surface area contributed by atoms with Crippen LogP contribution in [0.5, 0.6) is 0 Å². The van der Waals surface area contributed by atoms with Crippen molar-refractivity contribution < 1.29 is 46.7 Å². The summed E-state index contributed by atoms with van der Waals surface area (Å²) in [5.74, 6) is 1.02. The van der Waals surface area contributed by atoms with Gasteiger partial charge in [-0.2, -0.15) is 0 Å². The van der Waals surface area contributed by atoms with Crippen LogP contribution in [0, 0.1) is 24.3 Å². The van der Waals surface area contributed by atoms with Crippen molar-refractivity contribution in [2.24, 2.45) is 17.8 Å². The minimum absolute atomic E-state index is 0. The molecule has 0 aromatic carbocycles. The molecule has 89 valence electrons. The largest absolute Gasteiger partial charge is 0.410 e. The van der Waals surface area contributed by atoms with E-state index in [4.69, 9.17) is 4.43 Å². The van der Waals surface area contributed by atoms with Gasteiger partial charge in [-0.1, -0.05) is 34.6 Å². The van der Waals surface area contributed by atoms with Gasteiger partial charge in [0.2, 0.25) is 0 Å². The molecule has 0 amide bonds. The van der Waals surface area contributed by atoms with E-state index in [-0.39, 0.29) is 44.7 Å². The van der Waals surface area contributed by atoms with Crippen molar-refractivity contribution in [3.05, 3.63) is 6.55 Å². The maximum atomic E-state index is 9.23. The number of hydrogen-bond acceptors (Lipinski definition) is 3. The molecule has 15 heavy (non-hydrogen) atoms. The Kier molecular flexibility index (Phi) is 9.30. The second kappa shape index (κ2) is 7.51. The molecule has 0 aromatic heterocycles. The molecule has 0 aliphatic heterocycles. The molecule has 0 bridgehead atoms. The van der Waals surface area contributed by atoms with Crippen LogP contribution < -0.4 is 0 Å². The first-order valence-corrected chi connectivity index (χ1v) is 7.14. The van der Waals surface area contributed by atoms with E-state index >= 15 is 0 Å². The van der Waals surface area contributed by atoms with Crippen LogP contribution in [0.1, 0.15) is 34.6 Å². The van der Waals surface area contributed by atoms with Crippen molar-refractivity contribution in [2.75, 3.05) is 0 Å². The number of rotatable bonds is 5. The Morgan fingerprint density at radius 2 is 1.40 bits per heavy atom. The van der Waals surface area contributed by atoms with E-state index in [1.54, 1.807) is 0 Å². The Morgan fingerprint density at radius 1 is 1.00 bits per heavy atom. The van der Waals surface area contributed by atoms with Gasteiger partial charge in [-0.25, -0.2) is 0 Å². The Hall–Kier alpha value is 1.20. The Balaban J connectivity index is 0. The zero-order valence-electron chi connectivity index (χ0n) is 10.4. The van der Waals surface area contributed by atoms with Crippen LogP contribution in [-0.4, -0.2) is 24.5 Å². The summed E-state index contributed by atoms with van der Waals surface area (Å²) in [5.41, 5.74) is 0. The summed E-state index contributed by atoms with van der Waals surface area (Å²) >= 11 is 0. The molecular weight excluding hydrogens is 285 g/mol. The average Bonchev–Trinajstić information content (AvgIpc) is 1.96. The molecule has 0 rings (SSSR count). The van der Waals surface area contributed by atoms with E-state index in [0.29, 0.717) is 11.8 Å². The van der Waals surface area contributed by atoms with E-state index in [2.05, 4.69) is 27.3 Å². The topological polar surface area (TPSA) is 49.7 Å². The third-order valence-electron chi connectivity index (χ3n) is 2.55. The van der Waals surface area contributed by atoms with Crippen molar-refractivity contribution in [1.82, 2.24) is 0 Å². The summed E-state index contributed by atoms with van der Waals surface area (Å²) < 4.78 is 5.26. The molecule has 0 aromatic rings. The standard InChI is InChI=1S/C10H23O3Si.Y/c1-7(2)9(5)10(8(3)4)13-14(6,11)12;/h7-12H,6H2,1-5H3;/q-1;. The zero-order valence-corrected chi connectivity index (χ0v) is 14.2. The first kappa shape index (κ1) is 18.6. The van der Waals surface area contributed by atoms with Crippen molar-refractivity contribution in [1.29, 1.82) is 0 Å². The van der Waals surface area contributed by atoms with Gasteiger partial charge < -0.3 is 14.0 Å². The van der Waals surface area contributed by atoms with Crippen molar-refractivity contribution >= 4 is 8.80 Å². The van der Waals surface area contributed by atoms with Crippen LogP contribution in [0.3, 0.4) is 0 Å². The van der Waals surface area contributed by atoms with Gasteiger partial charge in [0.25, 0.3) is 0 Å². The fourth-order valence-corrected chi connectivity index (χ4v) is 2.37. The van der Waals surface area contributed by atoms with Gasteiger partial charge in [-0.3, -0.25) is 6.55 Å². The monoisotopic (exact) mass is 308 g/mol. The van der Waals surface area contributed by atoms with Gasteiger partial charge in [0.1, 0.15) is 0 Å². The fourth-order valence-electron chi connectivity index (χ4n) is 1.45. The van der Waals surface area contributed by atoms with Crippen LogP contribution in [0.15, 0.2) is 0 Å². The summed E-state index contributed by atoms with van der Waals surface area (Å²) in [4.78, 5) is 18.5. The molecule has 1 radical (unpaired) electrons. The maximum absolute atomic E-state index is 9.23. The average molecular weight is 308 g/mol. The quantitative estimate of drug-likeness (QED) is 0.599. The minimum Gasteiger partial charge on any atom is -0.410 e. The predicted molar refractivity (Wildman–Crippen MR) is 59.3 cm³/mol. The molecule has 5 heteroatoms. The van der Waals surface area contributed by atoms with E-state index in [1.807, 2.05) is 13.8 Å². The van der Waals surface area contributed by atoms with E-state index < -0.39 is 8.80 Å². The summed E-state index contributed by atoms with van der Waals surface area (Å²) in [5, 5.41) is 0. The molecule has 0 saturated carbocycles. The summed E-state index contributed by atoms with van der Waals surface area (Å²) in [6, 6.07) is 0. The zero-order chi connectivity index (χ0) is 11.5. The number of hydrogen-bond donors (Lipinski definition) is 2. The molecule has 0 aliphatic rings. The fraction of sp³-hybridized carbons (Fsp3) is 0.900. The van der Waals surface area contributed by atoms with Gasteiger partial charge in [0.15, 0.2) is 0 Å². The van der Waals surface area contributed by atoms with Gasteiger partial charge in [0.05, 0.1) is 6.10 Å². The van der Waals surface area contributed by atoms with Gasteiger partial charge in [0, 0.05) is 32.7 Å². The molecule has 3 nitrogen and oxygen atoms in total. The van der Waals surface area contributed by atoms with Crippen molar-refractivity contribution in [3.63, 3.8) is 0 Å². The molecule has 0 aliphatic carbocycles. The summed E-state index contributed by atoms with van der Waals surface area (Å²) in [6.45, 7) is 13.6. The van der Waals surface area contributed by atoms with Crippen molar-refractivity contribution in [3.8, 4) is 0 Å². The van der Waals surface area contributed by atoms with Crippen LogP contribution in [0.25, 0.3) is 0 Å². The smallest absolute Gasteiger partial charge is 0.321 e. The molecule has 2 unspecified atom stereocenters. The third kappa shape index (κ3) is 8.00. The first-order valence-electron chi connectivity index (χ1n) is 5.13. The second-order valence-corrected chi connectivity index (χ2v) is 6.39. The Morgan fingerprint density at radius 3 is 1.60 bits per heavy atom. The second-order valence-electron chi connectivity index (χ2n) is 4.67. The predicted octanol–water partition coefficient (Wildman–Crippen LogP) is 1.61. The van der Waals surface area contributed by atoms with Gasteiger partial charge in [-0.15, -0.1) is 0 Å². The molecule has 2 N–H and O–H groups in total. The van der Waals surface area contributed by atoms with Crippen LogP contribution in [0.2, 0.25) is 0 Å². The molecule has 0 saturated heterocycles. The Bertz CT molecular complexity index is 169. The first-order chi connectivity index (χ1) is 6.15. The molecule has 0 fully saturated rings. The summed E-state index contributed by atoms with van der Waals surface area (Å²) in [7, 11) is -3.64. The molecule has 2 atom stereocenters. The summed E-state index contributed by atoms with van der Waals surface area (Å²) in [6.07, 6.45) is -0.130. The van der Waals surface area contributed by atoms with E-state index in [1.165, 1.54) is 0 Å². The normalized spacial score (nSPS) is 16.4. The van der Waals surface area contributed by atoms with Crippen LogP contribution >= 0.6 is 0 Å². The minimum atomic E-state index is -3.64. The van der Waals surface area contributed by atoms with E-state index in [0.717, 1.165) is 0 Å². The maximum Gasteiger partial charge on any atom is 0.321 e. The Labute approximate surface area is 120 Å². The van der Waals surface area contributed by atoms with E-state index in [9.17, 15) is 9.59 Å². The van der Waals surface area contributed by atoms with Crippen molar-refractivity contribution in [2.45, 2.75) is 40.7 Å².